The highest BCUT2D eigenvalue weighted by atomic mass is 19.3. The van der Waals surface area contributed by atoms with E-state index in [1.54, 1.807) is 35.8 Å². The van der Waals surface area contributed by atoms with Gasteiger partial charge in [0, 0.05) is 48.1 Å². The van der Waals surface area contributed by atoms with Crippen LogP contribution in [0.1, 0.15) is 88.4 Å². The maximum Gasteiger partial charge on any atom is 0.407 e. The number of nitrogens with one attached hydrogen (secondary N) is 3. The van der Waals surface area contributed by atoms with Gasteiger partial charge in [0.05, 0.1) is 38.2 Å². The van der Waals surface area contributed by atoms with E-state index in [9.17, 15) is 19.2 Å². The molecule has 4 amide bonds. The summed E-state index contributed by atoms with van der Waals surface area (Å²) in [5, 5.41) is 5.21. The van der Waals surface area contributed by atoms with Crippen LogP contribution in [0, 0.1) is 11.8 Å². The number of hydrogen-bond acceptors (Lipinski definition) is 8. The van der Waals surface area contributed by atoms with Gasteiger partial charge in [-0.2, -0.15) is 17.6 Å². The summed E-state index contributed by atoms with van der Waals surface area (Å²) in [6.07, 6.45) is 4.28. The number of benzene rings is 2. The Morgan fingerprint density at radius 2 is 1.27 bits per heavy atom. The zero-order valence-electron chi connectivity index (χ0n) is 34.3. The van der Waals surface area contributed by atoms with Gasteiger partial charge in [0.2, 0.25) is 11.8 Å². The van der Waals surface area contributed by atoms with Crippen molar-refractivity contribution in [3.63, 3.8) is 0 Å². The average Bonchev–Trinajstić information content (AvgIpc) is 4.07. The molecule has 320 valence electrons. The molecule has 7 rings (SSSR count). The molecule has 2 aromatic carbocycles. The molecular formula is C43H49F4N7O6. The second-order valence-electron chi connectivity index (χ2n) is 16.4. The van der Waals surface area contributed by atoms with Gasteiger partial charge in [-0.05, 0) is 71.9 Å². The van der Waals surface area contributed by atoms with Crippen molar-refractivity contribution in [1.82, 2.24) is 30.4 Å². The maximum absolute atomic E-state index is 16.2. The van der Waals surface area contributed by atoms with Crippen LogP contribution in [0.4, 0.5) is 27.2 Å². The first-order valence-electron chi connectivity index (χ1n) is 20.1. The van der Waals surface area contributed by atoms with E-state index in [1.807, 2.05) is 13.8 Å². The molecule has 0 radical (unpaired) electrons. The molecule has 0 spiro atoms. The van der Waals surface area contributed by atoms with Crippen LogP contribution in [0.25, 0.3) is 28.0 Å². The fourth-order valence-corrected chi connectivity index (χ4v) is 8.71. The molecule has 60 heavy (non-hydrogen) atoms. The van der Waals surface area contributed by atoms with Gasteiger partial charge in [-0.15, -0.1) is 0 Å². The normalized spacial score (nSPS) is 21.2. The van der Waals surface area contributed by atoms with Crippen molar-refractivity contribution in [3.8, 4) is 22.4 Å². The summed E-state index contributed by atoms with van der Waals surface area (Å²) in [5.74, 6) is -9.82. The number of halogens is 4. The van der Waals surface area contributed by atoms with Crippen molar-refractivity contribution in [1.29, 1.82) is 0 Å². The van der Waals surface area contributed by atoms with Crippen LogP contribution < -0.4 is 10.6 Å². The molecule has 2 saturated heterocycles. The number of allylic oxidation sites excluding steroid dienone is 1. The Kier molecular flexibility index (Phi) is 11.6. The molecule has 3 aliphatic heterocycles. The lowest BCUT2D eigenvalue weighted by atomic mass is 9.78. The Hall–Kier alpha value is -5.74. The molecule has 0 bridgehead atoms. The van der Waals surface area contributed by atoms with Crippen LogP contribution in [0.5, 0.6) is 0 Å². The summed E-state index contributed by atoms with van der Waals surface area (Å²) in [4.78, 5) is 66.6. The van der Waals surface area contributed by atoms with Crippen LogP contribution >= 0.6 is 0 Å². The molecule has 4 aliphatic rings. The van der Waals surface area contributed by atoms with Gasteiger partial charge >= 0.3 is 24.0 Å². The maximum atomic E-state index is 16.2. The molecule has 2 fully saturated rings. The topological polar surface area (TPSA) is 158 Å². The average molecular weight is 836 g/mol. The number of alkyl carbamates (subject to hydrolysis) is 2. The molecule has 3 N–H and O–H groups in total. The third kappa shape index (κ3) is 7.51. The highest BCUT2D eigenvalue weighted by Gasteiger charge is 2.63. The monoisotopic (exact) mass is 835 g/mol. The van der Waals surface area contributed by atoms with Crippen molar-refractivity contribution in [3.05, 3.63) is 71.3 Å². The number of amides is 4. The summed E-state index contributed by atoms with van der Waals surface area (Å²) < 4.78 is 74.0. The fraction of sp³-hybridized carbons (Fsp3) is 0.488. The standard InChI is InChI=1S/C43H49F4N7O6/c1-22(2)35(51-40(57)59-5)38(55)53-15-7-9-33(53)31-19-26(20-48-31)24-11-13-27-28-14-12-25(18-30(28)43(46,47)42(44,45)29(27)17-24)32-21-49-37(50-32)34-10-8-16-54(34)39(56)36(23(3)4)52-41(58)60-6/h11-14,17-18,20-23,33-36H,7-10,15-16,19H2,1-6H3,(H,49,50)(H,51,57)(H,52,58)/t33?,34?,35-,36?/m0/s1. The predicted octanol–water partition coefficient (Wildman–Crippen LogP) is 7.54. The fourth-order valence-electron chi connectivity index (χ4n) is 8.71. The lowest BCUT2D eigenvalue weighted by molar-refractivity contribution is -0.225. The van der Waals surface area contributed by atoms with Gasteiger partial charge in [-0.25, -0.2) is 14.6 Å². The molecule has 4 heterocycles. The van der Waals surface area contributed by atoms with Crippen LogP contribution in [0.3, 0.4) is 0 Å². The highest BCUT2D eigenvalue weighted by molar-refractivity contribution is 6.04. The summed E-state index contributed by atoms with van der Waals surface area (Å²) in [5.41, 5.74) is 0.362. The Morgan fingerprint density at radius 1 is 0.767 bits per heavy atom. The molecule has 17 heteroatoms. The van der Waals surface area contributed by atoms with Gasteiger partial charge in [0.25, 0.3) is 0 Å². The number of ether oxygens (including phenoxy) is 2. The Morgan fingerprint density at radius 3 is 1.80 bits per heavy atom. The van der Waals surface area contributed by atoms with Gasteiger partial charge in [-0.1, -0.05) is 52.0 Å². The van der Waals surface area contributed by atoms with Crippen molar-refractivity contribution in [2.24, 2.45) is 16.8 Å². The molecule has 1 aliphatic carbocycles. The minimum atomic E-state index is -4.58. The summed E-state index contributed by atoms with van der Waals surface area (Å²) >= 11 is 0. The molecule has 3 aromatic rings. The minimum Gasteiger partial charge on any atom is -0.453 e. The third-order valence-corrected chi connectivity index (χ3v) is 12.0. The van der Waals surface area contributed by atoms with Gasteiger partial charge < -0.3 is 34.9 Å². The molecule has 13 nitrogen and oxygen atoms in total. The minimum absolute atomic E-state index is 0.0213. The summed E-state index contributed by atoms with van der Waals surface area (Å²) in [6.45, 7) is 8.08. The molecule has 0 saturated carbocycles. The second kappa shape index (κ2) is 16.4. The predicted molar refractivity (Wildman–Crippen MR) is 214 cm³/mol. The van der Waals surface area contributed by atoms with Gasteiger partial charge in [0.1, 0.15) is 17.9 Å². The number of aliphatic imine (C=N–C) groups is 1. The van der Waals surface area contributed by atoms with Crippen LogP contribution in [-0.2, 0) is 30.9 Å². The number of likely N-dealkylation sites (tertiary alicyclic amines) is 2. The number of hydrogen-bond donors (Lipinski definition) is 3. The van der Waals surface area contributed by atoms with Gasteiger partial charge in [0.15, 0.2) is 0 Å². The number of rotatable bonds is 10. The number of fused-ring (bicyclic) bond motifs is 3. The van der Waals surface area contributed by atoms with Crippen molar-refractivity contribution in [2.75, 3.05) is 27.3 Å². The number of aromatic amines is 1. The van der Waals surface area contributed by atoms with Crippen molar-refractivity contribution in [2.45, 2.75) is 95.8 Å². The number of carbonyl (C=O) groups is 4. The number of nitrogens with zero attached hydrogens (tertiary/aromatic N) is 4. The molecule has 4 atom stereocenters. The van der Waals surface area contributed by atoms with E-state index in [0.717, 1.165) is 12.1 Å². The number of imidazole rings is 1. The van der Waals surface area contributed by atoms with Gasteiger partial charge in [-0.3, -0.25) is 14.6 Å². The quantitative estimate of drug-likeness (QED) is 0.178. The number of methoxy groups -OCH3 is 2. The Bertz CT molecular complexity index is 2250. The summed E-state index contributed by atoms with van der Waals surface area (Å²) in [6, 6.07) is 5.66. The van der Waals surface area contributed by atoms with E-state index in [1.165, 1.54) is 38.7 Å². The molecular weight excluding hydrogens is 787 g/mol. The highest BCUT2D eigenvalue weighted by Crippen LogP contribution is 2.58. The number of alkyl halides is 4. The van der Waals surface area contributed by atoms with Crippen molar-refractivity contribution < 1.29 is 46.2 Å². The third-order valence-electron chi connectivity index (χ3n) is 12.0. The summed E-state index contributed by atoms with van der Waals surface area (Å²) in [7, 11) is 2.43. The van der Waals surface area contributed by atoms with Crippen LogP contribution in [0.15, 0.2) is 53.8 Å². The second-order valence-corrected chi connectivity index (χ2v) is 16.4. The molecule has 3 unspecified atom stereocenters. The zero-order valence-corrected chi connectivity index (χ0v) is 34.3. The number of aromatic nitrogens is 2. The van der Waals surface area contributed by atoms with E-state index >= 15 is 17.6 Å². The van der Waals surface area contributed by atoms with E-state index < -0.39 is 53.3 Å². The SMILES string of the molecule is COC(=O)NC(C(=O)N1CCCC1c1ncc(-c2ccc3c(c2)C(F)(F)C(F)(F)c2cc(C4=CN=C(C5CCCN5C(=O)[C@@H](NC(=O)OC)C(C)C)C4)ccc2-3)[nH]1)C(C)C. The van der Waals surface area contributed by atoms with Crippen LogP contribution in [-0.4, -0.2) is 94.9 Å². The van der Waals surface area contributed by atoms with Crippen LogP contribution in [0.2, 0.25) is 0 Å². The Balaban J connectivity index is 1.11. The number of carbonyl (C=O) groups excluding carboxylic acids is 4. The Labute approximate surface area is 345 Å². The smallest absolute Gasteiger partial charge is 0.407 e. The zero-order chi connectivity index (χ0) is 43.3. The largest absolute Gasteiger partial charge is 0.453 e. The van der Waals surface area contributed by atoms with E-state index in [-0.39, 0.29) is 52.8 Å². The first-order chi connectivity index (χ1) is 28.5. The van der Waals surface area contributed by atoms with Crippen molar-refractivity contribution >= 4 is 35.3 Å². The first kappa shape index (κ1) is 42.4. The number of H-pyrrole nitrogens is 1. The van der Waals surface area contributed by atoms with E-state index in [4.69, 9.17) is 9.47 Å². The lowest BCUT2D eigenvalue weighted by Gasteiger charge is -2.35. The first-order valence-corrected chi connectivity index (χ1v) is 20.1. The van der Waals surface area contributed by atoms with E-state index in [0.29, 0.717) is 67.1 Å². The molecule has 1 aromatic heterocycles. The van der Waals surface area contributed by atoms with E-state index in [2.05, 4.69) is 25.6 Å². The lowest BCUT2D eigenvalue weighted by Crippen LogP contribution is -2.53.